The summed E-state index contributed by atoms with van der Waals surface area (Å²) in [6, 6.07) is 15.5. The molecule has 0 heterocycles. The second-order valence-electron chi connectivity index (χ2n) is 11.2. The van der Waals surface area contributed by atoms with Gasteiger partial charge in [0.2, 0.25) is 0 Å². The van der Waals surface area contributed by atoms with E-state index in [1.54, 1.807) is 0 Å². The summed E-state index contributed by atoms with van der Waals surface area (Å²) in [5, 5.41) is 4.64. The molecule has 0 N–H and O–H groups in total. The topological polar surface area (TPSA) is 18.5 Å². The molecular formula is C31H44O2. The summed E-state index contributed by atoms with van der Waals surface area (Å²) in [4.78, 5) is 0. The van der Waals surface area contributed by atoms with Crippen LogP contribution in [-0.4, -0.2) is 13.2 Å². The number of rotatable bonds is 11. The normalized spacial score (nSPS) is 13.9. The van der Waals surface area contributed by atoms with E-state index in [4.69, 9.17) is 9.47 Å². The number of hydrogen-bond acceptors (Lipinski definition) is 2. The Hall–Kier alpha value is -2.22. The minimum absolute atomic E-state index is 0.232. The van der Waals surface area contributed by atoms with E-state index in [9.17, 15) is 0 Å². The Labute approximate surface area is 201 Å². The molecule has 33 heavy (non-hydrogen) atoms. The lowest BCUT2D eigenvalue weighted by Gasteiger charge is -2.22. The lowest BCUT2D eigenvalue weighted by Crippen LogP contribution is -2.11. The SMILES string of the molecule is CCCC(C)COc1c2ccccc2c(OCC(C)CCC)c2cc(CC(C)(C)C)ccc12. The molecule has 0 radical (unpaired) electrons. The molecule has 0 fully saturated rings. The summed E-state index contributed by atoms with van der Waals surface area (Å²) in [5.74, 6) is 3.08. The van der Waals surface area contributed by atoms with Gasteiger partial charge in [-0.2, -0.15) is 0 Å². The average Bonchev–Trinajstić information content (AvgIpc) is 2.75. The van der Waals surface area contributed by atoms with Crippen LogP contribution in [0.2, 0.25) is 0 Å². The zero-order chi connectivity index (χ0) is 24.0. The van der Waals surface area contributed by atoms with Gasteiger partial charge in [-0.25, -0.2) is 0 Å². The Kier molecular flexibility index (Phi) is 8.68. The first-order valence-corrected chi connectivity index (χ1v) is 13.0. The fourth-order valence-electron chi connectivity index (χ4n) is 4.78. The molecule has 0 aliphatic heterocycles. The lowest BCUT2D eigenvalue weighted by molar-refractivity contribution is 0.253. The Morgan fingerprint density at radius 3 is 1.67 bits per heavy atom. The molecule has 3 aromatic rings. The first-order chi connectivity index (χ1) is 15.7. The van der Waals surface area contributed by atoms with Gasteiger partial charge in [-0.3, -0.25) is 0 Å². The van der Waals surface area contributed by atoms with Crippen molar-refractivity contribution in [2.45, 2.75) is 80.6 Å². The van der Waals surface area contributed by atoms with Crippen molar-refractivity contribution in [1.82, 2.24) is 0 Å². The summed E-state index contributed by atoms with van der Waals surface area (Å²) >= 11 is 0. The first kappa shape index (κ1) is 25.4. The van der Waals surface area contributed by atoms with Gasteiger partial charge in [-0.05, 0) is 48.1 Å². The molecule has 2 atom stereocenters. The van der Waals surface area contributed by atoms with E-state index in [0.717, 1.165) is 47.3 Å². The van der Waals surface area contributed by atoms with Crippen molar-refractivity contribution >= 4 is 21.5 Å². The van der Waals surface area contributed by atoms with Crippen molar-refractivity contribution in [2.75, 3.05) is 13.2 Å². The molecule has 0 aliphatic rings. The van der Waals surface area contributed by atoms with Crippen molar-refractivity contribution in [3.8, 4) is 11.5 Å². The molecule has 0 aliphatic carbocycles. The summed E-state index contributed by atoms with van der Waals surface area (Å²) in [7, 11) is 0. The molecule has 2 heteroatoms. The van der Waals surface area contributed by atoms with Gasteiger partial charge in [0.15, 0.2) is 0 Å². The Morgan fingerprint density at radius 2 is 1.18 bits per heavy atom. The van der Waals surface area contributed by atoms with Crippen LogP contribution < -0.4 is 9.47 Å². The third-order valence-corrected chi connectivity index (χ3v) is 6.31. The number of fused-ring (bicyclic) bond motifs is 2. The molecule has 3 rings (SSSR count). The van der Waals surface area contributed by atoms with Gasteiger partial charge < -0.3 is 9.47 Å². The zero-order valence-corrected chi connectivity index (χ0v) is 22.0. The van der Waals surface area contributed by atoms with Crippen LogP contribution in [-0.2, 0) is 6.42 Å². The van der Waals surface area contributed by atoms with Gasteiger partial charge in [0.05, 0.1) is 13.2 Å². The summed E-state index contributed by atoms with van der Waals surface area (Å²) in [5.41, 5.74) is 1.58. The van der Waals surface area contributed by atoms with E-state index >= 15 is 0 Å². The molecule has 0 saturated carbocycles. The first-order valence-electron chi connectivity index (χ1n) is 13.0. The molecule has 0 amide bonds. The van der Waals surface area contributed by atoms with Crippen LogP contribution in [0.15, 0.2) is 42.5 Å². The van der Waals surface area contributed by atoms with E-state index in [2.05, 4.69) is 90.9 Å². The van der Waals surface area contributed by atoms with Crippen molar-refractivity contribution in [2.24, 2.45) is 17.3 Å². The van der Waals surface area contributed by atoms with Gasteiger partial charge in [0, 0.05) is 21.5 Å². The highest BCUT2D eigenvalue weighted by Crippen LogP contribution is 2.44. The molecule has 2 unspecified atom stereocenters. The van der Waals surface area contributed by atoms with Crippen LogP contribution in [0, 0.1) is 17.3 Å². The van der Waals surface area contributed by atoms with E-state index in [1.807, 2.05) is 0 Å². The molecule has 0 aromatic heterocycles. The fourth-order valence-corrected chi connectivity index (χ4v) is 4.78. The standard InChI is InChI=1S/C31H44O2/c1-8-12-22(3)20-32-29-25-14-10-11-15-26(25)30(33-21-23(4)13-9-2)28-18-24(16-17-27(28)29)19-31(5,6)7/h10-11,14-18,22-23H,8-9,12-13,19-21H2,1-7H3. The minimum atomic E-state index is 0.232. The van der Waals surface area contributed by atoms with Crippen LogP contribution in [0.1, 0.15) is 79.7 Å². The summed E-state index contributed by atoms with van der Waals surface area (Å²) in [6.45, 7) is 17.4. The summed E-state index contributed by atoms with van der Waals surface area (Å²) in [6.07, 6.45) is 5.77. The van der Waals surface area contributed by atoms with Crippen LogP contribution in [0.3, 0.4) is 0 Å². The minimum Gasteiger partial charge on any atom is -0.492 e. The van der Waals surface area contributed by atoms with Gasteiger partial charge >= 0.3 is 0 Å². The van der Waals surface area contributed by atoms with Crippen LogP contribution >= 0.6 is 0 Å². The van der Waals surface area contributed by atoms with E-state index in [1.165, 1.54) is 36.6 Å². The zero-order valence-electron chi connectivity index (χ0n) is 22.0. The highest BCUT2D eigenvalue weighted by atomic mass is 16.5. The second-order valence-corrected chi connectivity index (χ2v) is 11.2. The van der Waals surface area contributed by atoms with Gasteiger partial charge in [-0.15, -0.1) is 0 Å². The quantitative estimate of drug-likeness (QED) is 0.272. The third-order valence-electron chi connectivity index (χ3n) is 6.31. The largest absolute Gasteiger partial charge is 0.492 e. The van der Waals surface area contributed by atoms with Crippen molar-refractivity contribution in [3.05, 3.63) is 48.0 Å². The van der Waals surface area contributed by atoms with Crippen LogP contribution in [0.25, 0.3) is 21.5 Å². The molecule has 0 saturated heterocycles. The predicted octanol–water partition coefficient (Wildman–Crippen LogP) is 9.21. The maximum Gasteiger partial charge on any atom is 0.135 e. The van der Waals surface area contributed by atoms with Crippen molar-refractivity contribution < 1.29 is 9.47 Å². The van der Waals surface area contributed by atoms with E-state index < -0.39 is 0 Å². The molecule has 0 spiro atoms. The predicted molar refractivity (Wildman–Crippen MR) is 144 cm³/mol. The Balaban J connectivity index is 2.15. The highest BCUT2D eigenvalue weighted by molar-refractivity contribution is 6.11. The highest BCUT2D eigenvalue weighted by Gasteiger charge is 2.19. The van der Waals surface area contributed by atoms with Gasteiger partial charge in [0.25, 0.3) is 0 Å². The van der Waals surface area contributed by atoms with Crippen molar-refractivity contribution in [3.63, 3.8) is 0 Å². The number of hydrogen-bond donors (Lipinski definition) is 0. The molecule has 3 aromatic carbocycles. The van der Waals surface area contributed by atoms with Crippen LogP contribution in [0.4, 0.5) is 0 Å². The third kappa shape index (κ3) is 6.65. The second kappa shape index (κ2) is 11.3. The fraction of sp³-hybridized carbons (Fsp3) is 0.548. The summed E-state index contributed by atoms with van der Waals surface area (Å²) < 4.78 is 13.1. The Bertz CT molecular complexity index is 1040. The monoisotopic (exact) mass is 448 g/mol. The average molecular weight is 449 g/mol. The Morgan fingerprint density at radius 1 is 0.697 bits per heavy atom. The maximum absolute atomic E-state index is 6.60. The molecular weight excluding hydrogens is 404 g/mol. The van der Waals surface area contributed by atoms with E-state index in [-0.39, 0.29) is 5.41 Å². The van der Waals surface area contributed by atoms with Gasteiger partial charge in [0.1, 0.15) is 11.5 Å². The number of ether oxygens (including phenoxy) is 2. The molecule has 180 valence electrons. The molecule has 0 bridgehead atoms. The number of benzene rings is 3. The van der Waals surface area contributed by atoms with Crippen molar-refractivity contribution in [1.29, 1.82) is 0 Å². The molecule has 2 nitrogen and oxygen atoms in total. The maximum atomic E-state index is 6.60. The van der Waals surface area contributed by atoms with Gasteiger partial charge in [-0.1, -0.05) is 97.7 Å². The lowest BCUT2D eigenvalue weighted by atomic mass is 9.87. The van der Waals surface area contributed by atoms with E-state index in [0.29, 0.717) is 11.8 Å². The smallest absolute Gasteiger partial charge is 0.135 e. The van der Waals surface area contributed by atoms with Crippen LogP contribution in [0.5, 0.6) is 11.5 Å².